The number of hydrogen-bond acceptors (Lipinski definition) is 7. The number of carbonyl (C=O) groups is 2. The number of nitrogens with one attached hydrogen (secondary N) is 1. The molecule has 0 saturated carbocycles. The van der Waals surface area contributed by atoms with Gasteiger partial charge in [0.1, 0.15) is 24.4 Å². The highest BCUT2D eigenvalue weighted by Crippen LogP contribution is 2.44. The molecule has 0 aromatic heterocycles. The number of hydrogen-bond donors (Lipinski definition) is 2. The van der Waals surface area contributed by atoms with Crippen molar-refractivity contribution >= 4 is 11.9 Å². The molecule has 24 heavy (non-hydrogen) atoms. The number of carbonyl (C=O) groups excluding carboxylic acids is 1. The van der Waals surface area contributed by atoms with Crippen molar-refractivity contribution in [3.63, 3.8) is 0 Å². The Balaban J connectivity index is 1.82. The molecule has 2 N–H and O–H groups in total. The van der Waals surface area contributed by atoms with E-state index in [2.05, 4.69) is 5.32 Å². The van der Waals surface area contributed by atoms with Gasteiger partial charge >= 0.3 is 5.97 Å². The minimum atomic E-state index is -1.14. The lowest BCUT2D eigenvalue weighted by molar-refractivity contribution is -0.231. The van der Waals surface area contributed by atoms with E-state index < -0.39 is 60.2 Å². The first kappa shape index (κ1) is 17.6. The summed E-state index contributed by atoms with van der Waals surface area (Å²) in [6.07, 6.45) is -3.67. The number of fused-ring (bicyclic) bond motifs is 3. The molecule has 0 aliphatic carbocycles. The molecule has 9 heteroatoms. The Bertz CT molecular complexity index is 548. The van der Waals surface area contributed by atoms with E-state index in [9.17, 15) is 9.59 Å². The third-order valence-corrected chi connectivity index (χ3v) is 4.14. The summed E-state index contributed by atoms with van der Waals surface area (Å²) >= 11 is 0. The predicted octanol–water partition coefficient (Wildman–Crippen LogP) is -0.0278. The molecular weight excluding hydrogens is 322 g/mol. The lowest BCUT2D eigenvalue weighted by Crippen LogP contribution is -2.60. The standard InChI is InChI=1S/C15H23NO8/c1-6(12(18)19)16-11(17)9-7-8(22-14(2,3)21-7)10-13(20-9)24-15(4,5)23-10/h6-10,13H,1-5H3,(H,16,17)(H,18,19)/t6-,7+,8+,9+,10+,13+/m0/s1. The van der Waals surface area contributed by atoms with Crippen molar-refractivity contribution in [3.05, 3.63) is 0 Å². The van der Waals surface area contributed by atoms with Crippen LogP contribution in [0.1, 0.15) is 34.6 Å². The molecule has 3 saturated heterocycles. The molecule has 6 atom stereocenters. The van der Waals surface area contributed by atoms with Gasteiger partial charge in [-0.25, -0.2) is 0 Å². The molecule has 3 heterocycles. The molecule has 136 valence electrons. The van der Waals surface area contributed by atoms with Crippen molar-refractivity contribution in [1.29, 1.82) is 0 Å². The van der Waals surface area contributed by atoms with Crippen molar-refractivity contribution in [2.45, 2.75) is 82.9 Å². The quantitative estimate of drug-likeness (QED) is 0.733. The molecule has 0 radical (unpaired) electrons. The summed E-state index contributed by atoms with van der Waals surface area (Å²) in [5, 5.41) is 11.4. The molecule has 0 spiro atoms. The summed E-state index contributed by atoms with van der Waals surface area (Å²) in [7, 11) is 0. The predicted molar refractivity (Wildman–Crippen MR) is 77.8 cm³/mol. The lowest BCUT2D eigenvalue weighted by Gasteiger charge is -2.36. The third kappa shape index (κ3) is 3.14. The number of amides is 1. The first-order valence-electron chi connectivity index (χ1n) is 7.89. The molecule has 3 aliphatic rings. The zero-order valence-corrected chi connectivity index (χ0v) is 14.3. The van der Waals surface area contributed by atoms with E-state index in [1.54, 1.807) is 27.7 Å². The molecule has 0 unspecified atom stereocenters. The largest absolute Gasteiger partial charge is 0.480 e. The summed E-state index contributed by atoms with van der Waals surface area (Å²) in [5.74, 6) is -3.52. The van der Waals surface area contributed by atoms with Gasteiger partial charge < -0.3 is 34.1 Å². The topological polar surface area (TPSA) is 113 Å². The van der Waals surface area contributed by atoms with Crippen LogP contribution in [0.4, 0.5) is 0 Å². The van der Waals surface area contributed by atoms with Crippen LogP contribution in [-0.4, -0.2) is 65.3 Å². The highest BCUT2D eigenvalue weighted by atomic mass is 16.9. The van der Waals surface area contributed by atoms with Crippen LogP contribution in [0.5, 0.6) is 0 Å². The van der Waals surface area contributed by atoms with Gasteiger partial charge in [0, 0.05) is 0 Å². The number of ether oxygens (including phenoxy) is 5. The number of aliphatic carboxylic acids is 1. The van der Waals surface area contributed by atoms with E-state index in [0.29, 0.717) is 0 Å². The zero-order chi connectivity index (χ0) is 17.9. The van der Waals surface area contributed by atoms with E-state index in [4.69, 9.17) is 28.8 Å². The monoisotopic (exact) mass is 345 g/mol. The summed E-state index contributed by atoms with van der Waals surface area (Å²) in [6, 6.07) is -1.05. The van der Waals surface area contributed by atoms with E-state index in [1.165, 1.54) is 6.92 Å². The van der Waals surface area contributed by atoms with Crippen LogP contribution in [0, 0.1) is 0 Å². The molecule has 3 fully saturated rings. The van der Waals surface area contributed by atoms with Gasteiger partial charge in [-0.05, 0) is 34.6 Å². The van der Waals surface area contributed by atoms with Gasteiger partial charge in [0.05, 0.1) is 0 Å². The summed E-state index contributed by atoms with van der Waals surface area (Å²) < 4.78 is 29.0. The molecule has 0 aromatic carbocycles. The van der Waals surface area contributed by atoms with Gasteiger partial charge in [-0.3, -0.25) is 9.59 Å². The first-order chi connectivity index (χ1) is 11.0. The number of carboxylic acid groups (broad SMARTS) is 1. The maximum Gasteiger partial charge on any atom is 0.325 e. The van der Waals surface area contributed by atoms with Crippen molar-refractivity contribution in [3.8, 4) is 0 Å². The molecule has 0 bridgehead atoms. The highest BCUT2D eigenvalue weighted by molar-refractivity contribution is 5.86. The van der Waals surface area contributed by atoms with E-state index >= 15 is 0 Å². The Kier molecular flexibility index (Phi) is 4.12. The maximum atomic E-state index is 12.5. The Morgan fingerprint density at radius 2 is 1.50 bits per heavy atom. The fourth-order valence-corrected chi connectivity index (χ4v) is 3.18. The Hall–Kier alpha value is -1.26. The summed E-state index contributed by atoms with van der Waals surface area (Å²) in [6.45, 7) is 8.32. The van der Waals surface area contributed by atoms with Crippen LogP contribution < -0.4 is 5.32 Å². The zero-order valence-electron chi connectivity index (χ0n) is 14.3. The minimum Gasteiger partial charge on any atom is -0.480 e. The molecular formula is C15H23NO8. The second kappa shape index (κ2) is 5.63. The third-order valence-electron chi connectivity index (χ3n) is 4.14. The molecule has 3 rings (SSSR count). The maximum absolute atomic E-state index is 12.5. The van der Waals surface area contributed by atoms with E-state index in [-0.39, 0.29) is 0 Å². The van der Waals surface area contributed by atoms with E-state index in [0.717, 1.165) is 0 Å². The van der Waals surface area contributed by atoms with Gasteiger partial charge in [-0.1, -0.05) is 0 Å². The molecule has 0 aromatic rings. The Morgan fingerprint density at radius 3 is 2.12 bits per heavy atom. The number of carboxylic acids is 1. The van der Waals surface area contributed by atoms with Crippen LogP contribution >= 0.6 is 0 Å². The SMILES string of the molecule is C[C@H](NC(=O)[C@@H]1O[C@@H]2OC(C)(C)O[C@@H]2[C@@H]2OC(C)(C)O[C@H]21)C(=O)O. The fourth-order valence-electron chi connectivity index (χ4n) is 3.18. The van der Waals surface area contributed by atoms with E-state index in [1.807, 2.05) is 0 Å². The second-order valence-electron chi connectivity index (χ2n) is 7.16. The van der Waals surface area contributed by atoms with Crippen molar-refractivity contribution in [1.82, 2.24) is 5.32 Å². The van der Waals surface area contributed by atoms with Gasteiger partial charge in [-0.15, -0.1) is 0 Å². The Morgan fingerprint density at radius 1 is 0.958 bits per heavy atom. The van der Waals surface area contributed by atoms with Gasteiger partial charge in [0.2, 0.25) is 0 Å². The van der Waals surface area contributed by atoms with Crippen LogP contribution in [0.2, 0.25) is 0 Å². The molecule has 9 nitrogen and oxygen atoms in total. The van der Waals surface area contributed by atoms with Crippen molar-refractivity contribution in [2.24, 2.45) is 0 Å². The molecule has 1 amide bonds. The average molecular weight is 345 g/mol. The van der Waals surface area contributed by atoms with Gasteiger partial charge in [-0.2, -0.15) is 0 Å². The van der Waals surface area contributed by atoms with Crippen molar-refractivity contribution < 1.29 is 38.4 Å². The van der Waals surface area contributed by atoms with Crippen molar-refractivity contribution in [2.75, 3.05) is 0 Å². The average Bonchev–Trinajstić information content (AvgIpc) is 2.91. The Labute approximate surface area is 139 Å². The fraction of sp³-hybridized carbons (Fsp3) is 0.867. The molecule has 3 aliphatic heterocycles. The van der Waals surface area contributed by atoms with Gasteiger partial charge in [0.15, 0.2) is 24.0 Å². The lowest BCUT2D eigenvalue weighted by atomic mass is 9.98. The second-order valence-corrected chi connectivity index (χ2v) is 7.16. The van der Waals surface area contributed by atoms with Crippen LogP contribution in [-0.2, 0) is 33.3 Å². The summed E-state index contributed by atoms with van der Waals surface area (Å²) in [4.78, 5) is 23.4. The highest BCUT2D eigenvalue weighted by Gasteiger charge is 2.62. The smallest absolute Gasteiger partial charge is 0.325 e. The normalized spacial score (nSPS) is 40.5. The van der Waals surface area contributed by atoms with Crippen LogP contribution in [0.15, 0.2) is 0 Å². The summed E-state index contributed by atoms with van der Waals surface area (Å²) in [5.41, 5.74) is 0. The number of rotatable bonds is 3. The van der Waals surface area contributed by atoms with Gasteiger partial charge in [0.25, 0.3) is 5.91 Å². The van der Waals surface area contributed by atoms with Crippen LogP contribution in [0.3, 0.4) is 0 Å². The van der Waals surface area contributed by atoms with Crippen LogP contribution in [0.25, 0.3) is 0 Å². The minimum absolute atomic E-state index is 0.535. The first-order valence-corrected chi connectivity index (χ1v) is 7.89.